The number of halogens is 1. The topological polar surface area (TPSA) is 49.3 Å². The fourth-order valence-electron chi connectivity index (χ4n) is 1.98. The van der Waals surface area contributed by atoms with Gasteiger partial charge < -0.3 is 10.4 Å². The van der Waals surface area contributed by atoms with Gasteiger partial charge >= 0.3 is 0 Å². The second-order valence-corrected chi connectivity index (χ2v) is 6.87. The van der Waals surface area contributed by atoms with Crippen LogP contribution in [0.1, 0.15) is 31.9 Å². The number of hydrogen-bond donors (Lipinski definition) is 2. The summed E-state index contributed by atoms with van der Waals surface area (Å²) < 4.78 is 12.1. The summed E-state index contributed by atoms with van der Waals surface area (Å²) in [5, 5.41) is 13.3. The van der Waals surface area contributed by atoms with Gasteiger partial charge in [-0.05, 0) is 31.5 Å². The van der Waals surface area contributed by atoms with E-state index >= 15 is 0 Å². The number of phenols is 1. The first-order valence-corrected chi connectivity index (χ1v) is 8.50. The van der Waals surface area contributed by atoms with Crippen LogP contribution in [0, 0.1) is 0 Å². The van der Waals surface area contributed by atoms with Crippen molar-refractivity contribution < 1.29 is 9.32 Å². The highest BCUT2D eigenvalue weighted by molar-refractivity contribution is 9.10. The molecule has 1 aromatic carbocycles. The highest BCUT2D eigenvalue weighted by Crippen LogP contribution is 2.29. The molecule has 0 saturated carbocycles. The molecule has 3 unspecified atom stereocenters. The Morgan fingerprint density at radius 1 is 1.50 bits per heavy atom. The monoisotopic (exact) mass is 333 g/mol. The molecule has 102 valence electrons. The average Bonchev–Trinajstić information content (AvgIpc) is 2.28. The van der Waals surface area contributed by atoms with Crippen LogP contribution in [0.2, 0.25) is 0 Å². The molecule has 1 aromatic rings. The second-order valence-electron chi connectivity index (χ2n) is 4.47. The lowest BCUT2D eigenvalue weighted by molar-refractivity contribution is 0.425. The average molecular weight is 334 g/mol. The molecule has 2 N–H and O–H groups in total. The van der Waals surface area contributed by atoms with E-state index in [9.17, 15) is 9.32 Å². The third-order valence-corrected chi connectivity index (χ3v) is 4.21. The number of aromatic hydroxyl groups is 1. The molecule has 3 nitrogen and oxygen atoms in total. The Labute approximate surface area is 120 Å². The third-order valence-electron chi connectivity index (χ3n) is 2.74. The molecule has 3 atom stereocenters. The van der Waals surface area contributed by atoms with Crippen LogP contribution in [0.15, 0.2) is 22.7 Å². The van der Waals surface area contributed by atoms with Crippen molar-refractivity contribution in [3.8, 4) is 5.75 Å². The van der Waals surface area contributed by atoms with Crippen LogP contribution in [-0.4, -0.2) is 27.4 Å². The van der Waals surface area contributed by atoms with E-state index in [-0.39, 0.29) is 12.1 Å². The lowest BCUT2D eigenvalue weighted by Gasteiger charge is -2.23. The van der Waals surface area contributed by atoms with E-state index in [1.807, 2.05) is 19.1 Å². The van der Waals surface area contributed by atoms with E-state index in [0.717, 1.165) is 16.5 Å². The zero-order valence-electron chi connectivity index (χ0n) is 10.9. The summed E-state index contributed by atoms with van der Waals surface area (Å²) in [5.74, 6) is 0.910. The van der Waals surface area contributed by atoms with Gasteiger partial charge in [0.1, 0.15) is 5.75 Å². The molecule has 0 heterocycles. The van der Waals surface area contributed by atoms with Gasteiger partial charge in [-0.15, -0.1) is 0 Å². The lowest BCUT2D eigenvalue weighted by Crippen LogP contribution is -2.34. The minimum absolute atomic E-state index is 0.0704. The van der Waals surface area contributed by atoms with Gasteiger partial charge in [0.2, 0.25) is 0 Å². The summed E-state index contributed by atoms with van der Waals surface area (Å²) in [6.45, 7) is 4.08. The van der Waals surface area contributed by atoms with Crippen LogP contribution in [0.5, 0.6) is 5.75 Å². The second kappa shape index (κ2) is 7.26. The summed E-state index contributed by atoms with van der Waals surface area (Å²) in [5.41, 5.74) is 0.876. The summed E-state index contributed by atoms with van der Waals surface area (Å²) in [6, 6.07) is 5.65. The summed E-state index contributed by atoms with van der Waals surface area (Å²) >= 11 is 3.41. The Bertz CT molecular complexity index is 425. The minimum atomic E-state index is -0.814. The number of rotatable bonds is 6. The molecule has 0 saturated heterocycles. The molecule has 0 spiro atoms. The van der Waals surface area contributed by atoms with Gasteiger partial charge in [-0.1, -0.05) is 22.9 Å². The molecule has 5 heteroatoms. The first-order chi connectivity index (χ1) is 8.43. The fourth-order valence-corrected chi connectivity index (χ4v) is 3.15. The maximum atomic E-state index is 11.2. The molecule has 1 rings (SSSR count). The van der Waals surface area contributed by atoms with Crippen molar-refractivity contribution in [1.82, 2.24) is 5.32 Å². The van der Waals surface area contributed by atoms with Gasteiger partial charge in [0, 0.05) is 44.9 Å². The molecule has 0 aliphatic heterocycles. The Morgan fingerprint density at radius 2 is 2.17 bits per heavy atom. The molecular formula is C13H20BrNO2S. The van der Waals surface area contributed by atoms with Crippen molar-refractivity contribution in [3.63, 3.8) is 0 Å². The Hall–Kier alpha value is -0.390. The third kappa shape index (κ3) is 4.71. The van der Waals surface area contributed by atoms with Gasteiger partial charge in [0.05, 0.1) is 0 Å². The minimum Gasteiger partial charge on any atom is -0.508 e. The molecule has 0 aliphatic carbocycles. The maximum Gasteiger partial charge on any atom is 0.120 e. The molecular weight excluding hydrogens is 314 g/mol. The van der Waals surface area contributed by atoms with E-state index in [4.69, 9.17) is 0 Å². The van der Waals surface area contributed by atoms with Crippen molar-refractivity contribution in [2.45, 2.75) is 32.4 Å². The van der Waals surface area contributed by atoms with Crippen molar-refractivity contribution >= 4 is 26.7 Å². The predicted molar refractivity (Wildman–Crippen MR) is 80.4 cm³/mol. The van der Waals surface area contributed by atoms with E-state index < -0.39 is 10.8 Å². The number of benzene rings is 1. The van der Waals surface area contributed by atoms with Crippen LogP contribution in [0.3, 0.4) is 0 Å². The Morgan fingerprint density at radius 3 is 2.72 bits per heavy atom. The van der Waals surface area contributed by atoms with Crippen molar-refractivity contribution in [2.75, 3.05) is 12.0 Å². The number of nitrogens with one attached hydrogen (secondary N) is 1. The summed E-state index contributed by atoms with van der Waals surface area (Å²) in [4.78, 5) is 0. The maximum absolute atomic E-state index is 11.2. The van der Waals surface area contributed by atoms with Crippen molar-refractivity contribution in [2.24, 2.45) is 0 Å². The molecule has 0 aliphatic rings. The first-order valence-electron chi connectivity index (χ1n) is 5.98. The molecule has 0 aromatic heterocycles. The summed E-state index contributed by atoms with van der Waals surface area (Å²) in [6.07, 6.45) is 2.57. The molecule has 0 fully saturated rings. The zero-order chi connectivity index (χ0) is 13.7. The van der Waals surface area contributed by atoms with Crippen molar-refractivity contribution in [1.29, 1.82) is 0 Å². The van der Waals surface area contributed by atoms with Gasteiger partial charge in [-0.25, -0.2) is 0 Å². The zero-order valence-corrected chi connectivity index (χ0v) is 13.3. The molecule has 0 amide bonds. The van der Waals surface area contributed by atoms with E-state index in [1.54, 1.807) is 12.3 Å². The van der Waals surface area contributed by atoms with Crippen LogP contribution in [-0.2, 0) is 10.8 Å². The van der Waals surface area contributed by atoms with Crippen LogP contribution >= 0.6 is 15.9 Å². The van der Waals surface area contributed by atoms with Crippen molar-refractivity contribution in [3.05, 3.63) is 28.2 Å². The van der Waals surface area contributed by atoms with Crippen LogP contribution in [0.4, 0.5) is 0 Å². The number of hydrogen-bond acceptors (Lipinski definition) is 3. The van der Waals surface area contributed by atoms with Crippen LogP contribution in [0.25, 0.3) is 0 Å². The van der Waals surface area contributed by atoms with Gasteiger partial charge in [0.15, 0.2) is 0 Å². The highest BCUT2D eigenvalue weighted by atomic mass is 79.9. The highest BCUT2D eigenvalue weighted by Gasteiger charge is 2.16. The van der Waals surface area contributed by atoms with Gasteiger partial charge in [0.25, 0.3) is 0 Å². The van der Waals surface area contributed by atoms with E-state index in [2.05, 4.69) is 28.2 Å². The molecule has 18 heavy (non-hydrogen) atoms. The number of phenolic OH excluding ortho intramolecular Hbond substituents is 1. The Balaban J connectivity index is 2.82. The largest absolute Gasteiger partial charge is 0.508 e. The van der Waals surface area contributed by atoms with E-state index in [0.29, 0.717) is 11.5 Å². The normalized spacial score (nSPS) is 16.2. The Kier molecular flexibility index (Phi) is 6.32. The lowest BCUT2D eigenvalue weighted by atomic mass is 10.0. The first kappa shape index (κ1) is 15.7. The molecule has 0 bridgehead atoms. The molecule has 0 radical (unpaired) electrons. The standard InChI is InChI=1S/C13H20BrNO2S/c1-4-12(15-9(2)8-18(3)17)11-7-10(14)5-6-13(11)16/h5-7,9,12,15-16H,4,8H2,1-3H3. The van der Waals surface area contributed by atoms with E-state index in [1.165, 1.54) is 0 Å². The fraction of sp³-hybridized carbons (Fsp3) is 0.538. The summed E-state index contributed by atoms with van der Waals surface area (Å²) in [7, 11) is -0.814. The van der Waals surface area contributed by atoms with Crippen LogP contribution < -0.4 is 5.32 Å². The smallest absolute Gasteiger partial charge is 0.120 e. The van der Waals surface area contributed by atoms with Gasteiger partial charge in [-0.3, -0.25) is 4.21 Å². The van der Waals surface area contributed by atoms with Gasteiger partial charge in [-0.2, -0.15) is 0 Å². The predicted octanol–water partition coefficient (Wildman–Crippen LogP) is 2.96. The SMILES string of the molecule is CCC(NC(C)CS(C)=O)c1cc(Br)ccc1O. The quantitative estimate of drug-likeness (QED) is 0.841.